The minimum absolute atomic E-state index is 0.721. The van der Waals surface area contributed by atoms with E-state index in [1.54, 1.807) is 18.4 Å². The van der Waals surface area contributed by atoms with Crippen molar-refractivity contribution in [3.8, 4) is 10.6 Å². The molecule has 3 aromatic rings. The lowest BCUT2D eigenvalue weighted by molar-refractivity contribution is 0.199. The largest absolute Gasteiger partial charge is 0.383 e. The number of aryl methyl sites for hydroxylation is 1. The number of methoxy groups -OCH3 is 1. The van der Waals surface area contributed by atoms with Crippen molar-refractivity contribution in [1.29, 1.82) is 0 Å². The van der Waals surface area contributed by atoms with Gasteiger partial charge < -0.3 is 10.1 Å². The Morgan fingerprint density at radius 3 is 3.00 bits per heavy atom. The maximum absolute atomic E-state index is 5.06. The highest BCUT2D eigenvalue weighted by molar-refractivity contribution is 7.22. The first-order valence-corrected chi connectivity index (χ1v) is 7.80. The third kappa shape index (κ3) is 3.15. The molecular weight excluding hydrogens is 282 g/mol. The number of thiophene rings is 1. The van der Waals surface area contributed by atoms with Gasteiger partial charge >= 0.3 is 0 Å². The number of fused-ring (bicyclic) bond motifs is 1. The average molecular weight is 301 g/mol. The summed E-state index contributed by atoms with van der Waals surface area (Å²) in [6, 6.07) is 10.7. The number of hydrogen-bond acceptors (Lipinski definition) is 4. The molecule has 0 aliphatic heterocycles. The van der Waals surface area contributed by atoms with E-state index >= 15 is 0 Å². The van der Waals surface area contributed by atoms with Crippen LogP contribution in [0.1, 0.15) is 5.56 Å². The Hall–Kier alpha value is -1.69. The molecule has 0 aliphatic rings. The maximum Gasteiger partial charge on any atom is 0.107 e. The smallest absolute Gasteiger partial charge is 0.107 e. The van der Waals surface area contributed by atoms with Crippen LogP contribution in [0.15, 0.2) is 36.5 Å². The van der Waals surface area contributed by atoms with Crippen molar-refractivity contribution in [2.24, 2.45) is 7.05 Å². The topological polar surface area (TPSA) is 39.1 Å². The summed E-state index contributed by atoms with van der Waals surface area (Å²) >= 11 is 1.79. The van der Waals surface area contributed by atoms with Crippen LogP contribution >= 0.6 is 11.3 Å². The highest BCUT2D eigenvalue weighted by Gasteiger charge is 2.12. The monoisotopic (exact) mass is 301 g/mol. The molecule has 21 heavy (non-hydrogen) atoms. The van der Waals surface area contributed by atoms with E-state index in [0.29, 0.717) is 0 Å². The molecule has 0 spiro atoms. The Balaban J connectivity index is 1.87. The van der Waals surface area contributed by atoms with Gasteiger partial charge in [0.2, 0.25) is 0 Å². The Morgan fingerprint density at radius 1 is 1.33 bits per heavy atom. The molecule has 1 N–H and O–H groups in total. The lowest BCUT2D eigenvalue weighted by Gasteiger charge is -2.03. The number of nitrogens with zero attached hydrogens (tertiary/aromatic N) is 2. The van der Waals surface area contributed by atoms with Gasteiger partial charge in [0.1, 0.15) is 5.69 Å². The number of ether oxygens (including phenoxy) is 1. The van der Waals surface area contributed by atoms with E-state index in [-0.39, 0.29) is 0 Å². The molecule has 0 radical (unpaired) electrons. The van der Waals surface area contributed by atoms with Crippen LogP contribution in [0, 0.1) is 0 Å². The van der Waals surface area contributed by atoms with Gasteiger partial charge in [-0.1, -0.05) is 18.2 Å². The molecule has 110 valence electrons. The molecular formula is C16H19N3OS. The minimum Gasteiger partial charge on any atom is -0.383 e. The predicted octanol–water partition coefficient (Wildman–Crippen LogP) is 3.04. The van der Waals surface area contributed by atoms with Crippen LogP contribution in [0.2, 0.25) is 0 Å². The maximum atomic E-state index is 5.06. The molecule has 0 saturated carbocycles. The van der Waals surface area contributed by atoms with Crippen LogP contribution in [0.4, 0.5) is 0 Å². The standard InChI is InChI=1S/C16H19N3OS/c1-19-11-13(10-17-7-8-20-2)16(18-19)15-9-12-5-3-4-6-14(12)21-15/h3-6,9,11,17H,7-8,10H2,1-2H3. The summed E-state index contributed by atoms with van der Waals surface area (Å²) in [5.74, 6) is 0. The third-order valence-corrected chi connectivity index (χ3v) is 4.48. The second kappa shape index (κ2) is 6.39. The van der Waals surface area contributed by atoms with Crippen LogP contribution in [-0.2, 0) is 18.3 Å². The predicted molar refractivity (Wildman–Crippen MR) is 87.6 cm³/mol. The molecule has 0 bridgehead atoms. The van der Waals surface area contributed by atoms with Crippen molar-refractivity contribution >= 4 is 21.4 Å². The summed E-state index contributed by atoms with van der Waals surface area (Å²) in [4.78, 5) is 1.22. The van der Waals surface area contributed by atoms with Gasteiger partial charge in [-0.25, -0.2) is 0 Å². The SMILES string of the molecule is COCCNCc1cn(C)nc1-c1cc2ccccc2s1. The van der Waals surface area contributed by atoms with Crippen LogP contribution in [0.3, 0.4) is 0 Å². The molecule has 4 nitrogen and oxygen atoms in total. The molecule has 0 atom stereocenters. The highest BCUT2D eigenvalue weighted by Crippen LogP contribution is 2.34. The van der Waals surface area contributed by atoms with Gasteiger partial charge in [-0.05, 0) is 17.5 Å². The van der Waals surface area contributed by atoms with Gasteiger partial charge in [-0.3, -0.25) is 4.68 Å². The summed E-state index contributed by atoms with van der Waals surface area (Å²) < 4.78 is 8.24. The Bertz CT molecular complexity index is 699. The van der Waals surface area contributed by atoms with Gasteiger partial charge in [0, 0.05) is 43.7 Å². The molecule has 3 rings (SSSR count). The lowest BCUT2D eigenvalue weighted by atomic mass is 10.2. The first-order chi connectivity index (χ1) is 10.3. The average Bonchev–Trinajstić information content (AvgIpc) is 3.06. The first-order valence-electron chi connectivity index (χ1n) is 6.99. The molecule has 0 aliphatic carbocycles. The van der Waals surface area contributed by atoms with Crippen molar-refractivity contribution in [1.82, 2.24) is 15.1 Å². The molecule has 0 fully saturated rings. The zero-order valence-electron chi connectivity index (χ0n) is 12.3. The number of rotatable bonds is 6. The van der Waals surface area contributed by atoms with E-state index in [2.05, 4.69) is 46.9 Å². The Kier molecular flexibility index (Phi) is 4.34. The van der Waals surface area contributed by atoms with Gasteiger partial charge in [0.15, 0.2) is 0 Å². The fourth-order valence-electron chi connectivity index (χ4n) is 2.37. The van der Waals surface area contributed by atoms with Crippen molar-refractivity contribution < 1.29 is 4.74 Å². The van der Waals surface area contributed by atoms with Crippen LogP contribution in [-0.4, -0.2) is 30.0 Å². The summed E-state index contributed by atoms with van der Waals surface area (Å²) in [5.41, 5.74) is 2.30. The van der Waals surface area contributed by atoms with Crippen molar-refractivity contribution in [3.63, 3.8) is 0 Å². The molecule has 2 aromatic heterocycles. The number of nitrogens with one attached hydrogen (secondary N) is 1. The molecule has 1 aromatic carbocycles. The second-order valence-corrected chi connectivity index (χ2v) is 6.08. The molecule has 2 heterocycles. The van der Waals surface area contributed by atoms with E-state index in [4.69, 9.17) is 4.74 Å². The van der Waals surface area contributed by atoms with E-state index < -0.39 is 0 Å². The number of aromatic nitrogens is 2. The first kappa shape index (κ1) is 14.3. The Labute approximate surface area is 128 Å². The van der Waals surface area contributed by atoms with Crippen molar-refractivity contribution in [3.05, 3.63) is 42.1 Å². The Morgan fingerprint density at radius 2 is 2.19 bits per heavy atom. The third-order valence-electron chi connectivity index (χ3n) is 3.36. The molecule has 0 amide bonds. The van der Waals surface area contributed by atoms with Crippen LogP contribution in [0.5, 0.6) is 0 Å². The minimum atomic E-state index is 0.721. The second-order valence-electron chi connectivity index (χ2n) is 4.99. The van der Waals surface area contributed by atoms with Crippen molar-refractivity contribution in [2.45, 2.75) is 6.54 Å². The molecule has 5 heteroatoms. The van der Waals surface area contributed by atoms with E-state index in [0.717, 1.165) is 25.4 Å². The van der Waals surface area contributed by atoms with E-state index in [9.17, 15) is 0 Å². The van der Waals surface area contributed by atoms with Gasteiger partial charge in [-0.2, -0.15) is 5.10 Å². The zero-order valence-corrected chi connectivity index (χ0v) is 13.1. The van der Waals surface area contributed by atoms with Crippen molar-refractivity contribution in [2.75, 3.05) is 20.3 Å². The summed E-state index contributed by atoms with van der Waals surface area (Å²) in [6.07, 6.45) is 2.08. The fourth-order valence-corrected chi connectivity index (χ4v) is 3.45. The van der Waals surface area contributed by atoms with Gasteiger partial charge in [-0.15, -0.1) is 11.3 Å². The fraction of sp³-hybridized carbons (Fsp3) is 0.312. The summed E-state index contributed by atoms with van der Waals surface area (Å²) in [5, 5.41) is 9.30. The number of hydrogen-bond donors (Lipinski definition) is 1. The van der Waals surface area contributed by atoms with E-state index in [1.165, 1.54) is 20.5 Å². The summed E-state index contributed by atoms with van der Waals surface area (Å²) in [6.45, 7) is 2.37. The quantitative estimate of drug-likeness (QED) is 0.711. The van der Waals surface area contributed by atoms with Crippen LogP contribution < -0.4 is 5.32 Å². The normalized spacial score (nSPS) is 11.3. The lowest BCUT2D eigenvalue weighted by Crippen LogP contribution is -2.18. The summed E-state index contributed by atoms with van der Waals surface area (Å²) in [7, 11) is 3.68. The number of benzene rings is 1. The van der Waals surface area contributed by atoms with E-state index in [1.807, 2.05) is 11.7 Å². The van der Waals surface area contributed by atoms with Gasteiger partial charge in [0.05, 0.1) is 11.5 Å². The highest BCUT2D eigenvalue weighted by atomic mass is 32.1. The van der Waals surface area contributed by atoms with Crippen LogP contribution in [0.25, 0.3) is 20.7 Å². The molecule has 0 unspecified atom stereocenters. The zero-order chi connectivity index (χ0) is 14.7. The molecule has 0 saturated heterocycles. The van der Waals surface area contributed by atoms with Gasteiger partial charge in [0.25, 0.3) is 0 Å².